The maximum atomic E-state index is 11.2. The van der Waals surface area contributed by atoms with E-state index in [4.69, 9.17) is 0 Å². The zero-order valence-corrected chi connectivity index (χ0v) is 11.7. The number of carbonyl (C=O) groups excluding carboxylic acids is 1. The second kappa shape index (κ2) is 5.86. The Bertz CT molecular complexity index is 470. The third-order valence-corrected chi connectivity index (χ3v) is 3.27. The largest absolute Gasteiger partial charge is 0.373 e. The van der Waals surface area contributed by atoms with E-state index < -0.39 is 0 Å². The molecule has 1 aliphatic rings. The Morgan fingerprint density at radius 2 is 1.95 bits per heavy atom. The summed E-state index contributed by atoms with van der Waals surface area (Å²) < 4.78 is 0. The van der Waals surface area contributed by atoms with Gasteiger partial charge in [-0.1, -0.05) is 0 Å². The van der Waals surface area contributed by atoms with E-state index in [1.54, 1.807) is 7.05 Å². The van der Waals surface area contributed by atoms with E-state index in [9.17, 15) is 4.79 Å². The fourth-order valence-corrected chi connectivity index (χ4v) is 1.89. The molecule has 0 bridgehead atoms. The first-order valence-electron chi connectivity index (χ1n) is 6.66. The molecule has 2 rings (SSSR count). The molecule has 1 aromatic heterocycles. The topological polar surface area (TPSA) is 78.9 Å². The molecular weight excluding hydrogens is 242 g/mol. The number of hydrogen-bond acceptors (Lipinski definition) is 5. The molecule has 0 spiro atoms. The summed E-state index contributed by atoms with van der Waals surface area (Å²) in [7, 11) is 3.50. The van der Waals surface area contributed by atoms with E-state index in [1.165, 1.54) is 12.8 Å². The van der Waals surface area contributed by atoms with Crippen molar-refractivity contribution in [2.45, 2.75) is 32.1 Å². The number of amides is 1. The van der Waals surface area contributed by atoms with Gasteiger partial charge in [0.05, 0.1) is 0 Å². The molecule has 3 N–H and O–H groups in total. The highest BCUT2D eigenvalue weighted by molar-refractivity contribution is 5.76. The van der Waals surface area contributed by atoms with Crippen LogP contribution in [-0.4, -0.2) is 36.5 Å². The van der Waals surface area contributed by atoms with Crippen LogP contribution in [0.5, 0.6) is 0 Å². The Kier molecular flexibility index (Phi) is 4.19. The van der Waals surface area contributed by atoms with Gasteiger partial charge in [0.25, 0.3) is 0 Å². The summed E-state index contributed by atoms with van der Waals surface area (Å²) in [6.07, 6.45) is 2.78. The summed E-state index contributed by atoms with van der Waals surface area (Å²) in [5, 5.41) is 8.93. The highest BCUT2D eigenvalue weighted by Gasteiger charge is 2.28. The minimum Gasteiger partial charge on any atom is -0.373 e. The molecule has 0 saturated heterocycles. The first-order valence-corrected chi connectivity index (χ1v) is 6.66. The predicted molar refractivity (Wildman–Crippen MR) is 75.5 cm³/mol. The van der Waals surface area contributed by atoms with Crippen molar-refractivity contribution < 1.29 is 4.79 Å². The van der Waals surface area contributed by atoms with Gasteiger partial charge in [-0.15, -0.1) is 0 Å². The molecule has 0 atom stereocenters. The quantitative estimate of drug-likeness (QED) is 0.720. The van der Waals surface area contributed by atoms with Gasteiger partial charge in [-0.2, -0.15) is 0 Å². The van der Waals surface area contributed by atoms with Crippen LogP contribution in [0.4, 0.5) is 11.6 Å². The summed E-state index contributed by atoms with van der Waals surface area (Å²) >= 11 is 0. The zero-order valence-electron chi connectivity index (χ0n) is 11.7. The van der Waals surface area contributed by atoms with Crippen LogP contribution in [0.3, 0.4) is 0 Å². The predicted octanol–water partition coefficient (Wildman–Crippen LogP) is 1.25. The lowest BCUT2D eigenvalue weighted by Crippen LogP contribution is -2.21. The van der Waals surface area contributed by atoms with Gasteiger partial charge in [0, 0.05) is 38.5 Å². The second-order valence-electron chi connectivity index (χ2n) is 4.78. The standard InChI is InChI=1S/C13H21N5O/c1-8-11(15-3)17-13(9-4-5-9)18-12(8)16-7-6-10(19)14-2/h9H,4-7H2,1-3H3,(H,14,19)(H2,15,16,17,18). The lowest BCUT2D eigenvalue weighted by molar-refractivity contribution is -0.120. The average molecular weight is 263 g/mol. The zero-order chi connectivity index (χ0) is 13.8. The van der Waals surface area contributed by atoms with Gasteiger partial charge in [0.15, 0.2) is 0 Å². The Balaban J connectivity index is 2.09. The number of aromatic nitrogens is 2. The van der Waals surface area contributed by atoms with Crippen LogP contribution < -0.4 is 16.0 Å². The third kappa shape index (κ3) is 3.33. The van der Waals surface area contributed by atoms with Crippen molar-refractivity contribution in [3.8, 4) is 0 Å². The van der Waals surface area contributed by atoms with E-state index in [1.807, 2.05) is 14.0 Å². The van der Waals surface area contributed by atoms with E-state index in [2.05, 4.69) is 25.9 Å². The second-order valence-corrected chi connectivity index (χ2v) is 4.78. The van der Waals surface area contributed by atoms with Crippen molar-refractivity contribution in [2.75, 3.05) is 31.3 Å². The van der Waals surface area contributed by atoms with Crippen molar-refractivity contribution >= 4 is 17.5 Å². The van der Waals surface area contributed by atoms with Gasteiger partial charge >= 0.3 is 0 Å². The minimum atomic E-state index is 0.0236. The minimum absolute atomic E-state index is 0.0236. The fourth-order valence-electron chi connectivity index (χ4n) is 1.89. The number of rotatable bonds is 6. The van der Waals surface area contributed by atoms with Crippen LogP contribution in [-0.2, 0) is 4.79 Å². The van der Waals surface area contributed by atoms with E-state index >= 15 is 0 Å². The van der Waals surface area contributed by atoms with Gasteiger partial charge in [-0.3, -0.25) is 4.79 Å². The maximum Gasteiger partial charge on any atom is 0.221 e. The van der Waals surface area contributed by atoms with E-state index in [0.717, 1.165) is 23.0 Å². The van der Waals surface area contributed by atoms with Crippen molar-refractivity contribution in [2.24, 2.45) is 0 Å². The molecule has 1 aliphatic carbocycles. The van der Waals surface area contributed by atoms with Crippen LogP contribution in [0.2, 0.25) is 0 Å². The van der Waals surface area contributed by atoms with E-state index in [0.29, 0.717) is 18.9 Å². The fraction of sp³-hybridized carbons (Fsp3) is 0.615. The molecule has 1 heterocycles. The molecule has 1 saturated carbocycles. The van der Waals surface area contributed by atoms with Gasteiger partial charge in [-0.25, -0.2) is 9.97 Å². The monoisotopic (exact) mass is 263 g/mol. The van der Waals surface area contributed by atoms with Crippen LogP contribution in [0.1, 0.15) is 36.6 Å². The van der Waals surface area contributed by atoms with Gasteiger partial charge in [-0.05, 0) is 19.8 Å². The summed E-state index contributed by atoms with van der Waals surface area (Å²) in [6, 6.07) is 0. The highest BCUT2D eigenvalue weighted by atomic mass is 16.1. The summed E-state index contributed by atoms with van der Waals surface area (Å²) in [5.41, 5.74) is 0.990. The number of anilines is 2. The highest BCUT2D eigenvalue weighted by Crippen LogP contribution is 2.39. The van der Waals surface area contributed by atoms with Crippen LogP contribution in [0.25, 0.3) is 0 Å². The molecule has 1 fully saturated rings. The Labute approximate surface area is 113 Å². The average Bonchev–Trinajstić information content (AvgIpc) is 3.24. The first-order chi connectivity index (χ1) is 9.15. The van der Waals surface area contributed by atoms with Gasteiger partial charge < -0.3 is 16.0 Å². The molecule has 0 unspecified atom stereocenters. The normalized spacial score (nSPS) is 14.1. The first kappa shape index (κ1) is 13.6. The SMILES string of the molecule is CNC(=O)CCNc1nc(C2CC2)nc(NC)c1C. The molecule has 0 aliphatic heterocycles. The molecule has 1 aromatic rings. The van der Waals surface area contributed by atoms with Crippen molar-refractivity contribution in [3.63, 3.8) is 0 Å². The number of nitrogens with one attached hydrogen (secondary N) is 3. The van der Waals surface area contributed by atoms with Crippen molar-refractivity contribution in [1.82, 2.24) is 15.3 Å². The molecule has 6 heteroatoms. The van der Waals surface area contributed by atoms with E-state index in [-0.39, 0.29) is 5.91 Å². The molecule has 0 aromatic carbocycles. The molecular formula is C13H21N5O. The van der Waals surface area contributed by atoms with Crippen molar-refractivity contribution in [1.29, 1.82) is 0 Å². The number of nitrogens with zero attached hydrogens (tertiary/aromatic N) is 2. The maximum absolute atomic E-state index is 11.2. The summed E-state index contributed by atoms with van der Waals surface area (Å²) in [6.45, 7) is 2.55. The van der Waals surface area contributed by atoms with Gasteiger partial charge in [0.1, 0.15) is 17.5 Å². The molecule has 104 valence electrons. The number of carbonyl (C=O) groups is 1. The third-order valence-electron chi connectivity index (χ3n) is 3.27. The molecule has 1 amide bonds. The molecule has 0 radical (unpaired) electrons. The Morgan fingerprint density at radius 3 is 2.53 bits per heavy atom. The number of hydrogen-bond donors (Lipinski definition) is 3. The molecule has 19 heavy (non-hydrogen) atoms. The lowest BCUT2D eigenvalue weighted by Gasteiger charge is -2.13. The summed E-state index contributed by atoms with van der Waals surface area (Å²) in [5.74, 6) is 3.12. The smallest absolute Gasteiger partial charge is 0.221 e. The van der Waals surface area contributed by atoms with Crippen LogP contribution in [0.15, 0.2) is 0 Å². The Hall–Kier alpha value is -1.85. The molecule has 6 nitrogen and oxygen atoms in total. The van der Waals surface area contributed by atoms with Gasteiger partial charge in [0.2, 0.25) is 5.91 Å². The van der Waals surface area contributed by atoms with Crippen LogP contribution >= 0.6 is 0 Å². The van der Waals surface area contributed by atoms with Crippen molar-refractivity contribution in [3.05, 3.63) is 11.4 Å². The van der Waals surface area contributed by atoms with Crippen LogP contribution in [0, 0.1) is 6.92 Å². The Morgan fingerprint density at radius 1 is 1.26 bits per heavy atom. The summed E-state index contributed by atoms with van der Waals surface area (Å²) in [4.78, 5) is 20.3. The lowest BCUT2D eigenvalue weighted by atomic mass is 10.2.